The predicted molar refractivity (Wildman–Crippen MR) is 94.7 cm³/mol. The van der Waals surface area contributed by atoms with Gasteiger partial charge in [0, 0.05) is 0 Å². The quantitative estimate of drug-likeness (QED) is 0.636. The van der Waals surface area contributed by atoms with E-state index in [1.54, 1.807) is 33.9 Å². The zero-order valence-corrected chi connectivity index (χ0v) is 15.7. The summed E-state index contributed by atoms with van der Waals surface area (Å²) < 4.78 is 29.5. The van der Waals surface area contributed by atoms with Crippen molar-refractivity contribution in [2.75, 3.05) is 0 Å². The number of amides is 1. The highest BCUT2D eigenvalue weighted by Crippen LogP contribution is 2.44. The average molecular weight is 376 g/mol. The molecule has 27 heavy (non-hydrogen) atoms. The van der Waals surface area contributed by atoms with Gasteiger partial charge in [-0.3, -0.25) is 4.79 Å². The van der Waals surface area contributed by atoms with Crippen LogP contribution in [-0.4, -0.2) is 54.4 Å². The molecule has 4 rings (SSSR count). The molecule has 8 heteroatoms. The predicted octanol–water partition coefficient (Wildman–Crippen LogP) is 1.53. The molecular formula is C19H24N2O6. The highest BCUT2D eigenvalue weighted by atomic mass is 16.9. The largest absolute Gasteiger partial charge is 0.342 e. The Kier molecular flexibility index (Phi) is 4.56. The first-order valence-electron chi connectivity index (χ1n) is 8.99. The van der Waals surface area contributed by atoms with Gasteiger partial charge in [0.05, 0.1) is 6.21 Å². The van der Waals surface area contributed by atoms with Gasteiger partial charge in [-0.05, 0) is 33.3 Å². The van der Waals surface area contributed by atoms with E-state index >= 15 is 0 Å². The average Bonchev–Trinajstić information content (AvgIpc) is 3.09. The minimum absolute atomic E-state index is 0.426. The van der Waals surface area contributed by atoms with Gasteiger partial charge in [-0.25, -0.2) is 5.43 Å². The van der Waals surface area contributed by atoms with Crippen LogP contribution in [0.5, 0.6) is 0 Å². The van der Waals surface area contributed by atoms with Crippen LogP contribution in [0.25, 0.3) is 0 Å². The molecule has 3 saturated heterocycles. The number of hydrogen-bond acceptors (Lipinski definition) is 7. The highest BCUT2D eigenvalue weighted by molar-refractivity contribution is 5.85. The van der Waals surface area contributed by atoms with Crippen molar-refractivity contribution in [3.05, 3.63) is 35.9 Å². The molecule has 146 valence electrons. The van der Waals surface area contributed by atoms with Gasteiger partial charge in [-0.1, -0.05) is 30.3 Å². The Morgan fingerprint density at radius 3 is 2.33 bits per heavy atom. The molecule has 3 fully saturated rings. The van der Waals surface area contributed by atoms with E-state index in [1.807, 2.05) is 30.3 Å². The second-order valence-electron chi connectivity index (χ2n) is 7.73. The molecule has 0 saturated carbocycles. The highest BCUT2D eigenvalue weighted by Gasteiger charge is 2.62. The molecule has 1 aromatic rings. The second kappa shape index (κ2) is 6.65. The number of hydrogen-bond donors (Lipinski definition) is 1. The first-order valence-corrected chi connectivity index (χ1v) is 8.99. The fourth-order valence-corrected chi connectivity index (χ4v) is 3.60. The lowest BCUT2D eigenvalue weighted by atomic mass is 9.98. The monoisotopic (exact) mass is 376 g/mol. The summed E-state index contributed by atoms with van der Waals surface area (Å²) in [5.41, 5.74) is 3.39. The Balaban J connectivity index is 1.49. The molecule has 1 amide bonds. The summed E-state index contributed by atoms with van der Waals surface area (Å²) in [5.74, 6) is -2.10. The number of benzene rings is 1. The third-order valence-electron chi connectivity index (χ3n) is 4.60. The maximum absolute atomic E-state index is 12.7. The third kappa shape index (κ3) is 3.76. The zero-order valence-electron chi connectivity index (χ0n) is 15.7. The molecule has 3 heterocycles. The van der Waals surface area contributed by atoms with Crippen molar-refractivity contribution in [1.29, 1.82) is 0 Å². The van der Waals surface area contributed by atoms with Crippen LogP contribution in [0.1, 0.15) is 33.3 Å². The van der Waals surface area contributed by atoms with Gasteiger partial charge in [-0.2, -0.15) is 5.10 Å². The number of ether oxygens (including phenoxy) is 5. The molecule has 3 aliphatic rings. The maximum atomic E-state index is 12.7. The van der Waals surface area contributed by atoms with Crippen LogP contribution in [0.3, 0.4) is 0 Å². The molecular weight excluding hydrogens is 352 g/mol. The number of fused-ring (bicyclic) bond motifs is 3. The van der Waals surface area contributed by atoms with E-state index in [2.05, 4.69) is 10.5 Å². The van der Waals surface area contributed by atoms with E-state index in [0.29, 0.717) is 0 Å². The van der Waals surface area contributed by atoms with Crippen LogP contribution in [-0.2, 0) is 28.5 Å². The van der Waals surface area contributed by atoms with Crippen LogP contribution in [0.2, 0.25) is 0 Å². The van der Waals surface area contributed by atoms with Crippen molar-refractivity contribution >= 4 is 12.1 Å². The summed E-state index contributed by atoms with van der Waals surface area (Å²) in [4.78, 5) is 12.7. The Hall–Kier alpha value is -1.84. The van der Waals surface area contributed by atoms with Gasteiger partial charge in [0.15, 0.2) is 24.0 Å². The molecule has 5 atom stereocenters. The van der Waals surface area contributed by atoms with Gasteiger partial charge in [0.1, 0.15) is 18.3 Å². The summed E-state index contributed by atoms with van der Waals surface area (Å²) >= 11 is 0. The Bertz CT molecular complexity index is 735. The van der Waals surface area contributed by atoms with Crippen LogP contribution in [0.4, 0.5) is 0 Å². The summed E-state index contributed by atoms with van der Waals surface area (Å²) in [6.45, 7) is 7.18. The van der Waals surface area contributed by atoms with Crippen molar-refractivity contribution < 1.29 is 28.5 Å². The number of rotatable bonds is 3. The number of nitrogens with zero attached hydrogens (tertiary/aromatic N) is 1. The van der Waals surface area contributed by atoms with Gasteiger partial charge < -0.3 is 23.7 Å². The van der Waals surface area contributed by atoms with Gasteiger partial charge in [-0.15, -0.1) is 0 Å². The first kappa shape index (κ1) is 18.5. The van der Waals surface area contributed by atoms with Gasteiger partial charge in [0.2, 0.25) is 0 Å². The summed E-state index contributed by atoms with van der Waals surface area (Å²) in [6.07, 6.45) is -1.64. The third-order valence-corrected chi connectivity index (χ3v) is 4.60. The zero-order chi connectivity index (χ0) is 19.2. The van der Waals surface area contributed by atoms with E-state index < -0.39 is 48.2 Å². The van der Waals surface area contributed by atoms with Crippen molar-refractivity contribution in [3.63, 3.8) is 0 Å². The molecule has 1 aromatic carbocycles. The van der Waals surface area contributed by atoms with Gasteiger partial charge in [0.25, 0.3) is 5.91 Å². The summed E-state index contributed by atoms with van der Waals surface area (Å²) in [5, 5.41) is 4.01. The molecule has 8 nitrogen and oxygen atoms in total. The Labute approximate surface area is 157 Å². The number of nitrogens with one attached hydrogen (secondary N) is 1. The fourth-order valence-electron chi connectivity index (χ4n) is 3.60. The lowest BCUT2D eigenvalue weighted by Gasteiger charge is -2.36. The first-order chi connectivity index (χ1) is 12.7. The molecule has 0 bridgehead atoms. The Morgan fingerprint density at radius 1 is 0.963 bits per heavy atom. The van der Waals surface area contributed by atoms with Crippen molar-refractivity contribution in [2.24, 2.45) is 5.10 Å². The molecule has 0 radical (unpaired) electrons. The van der Waals surface area contributed by atoms with Crippen LogP contribution < -0.4 is 5.43 Å². The van der Waals surface area contributed by atoms with Crippen LogP contribution in [0, 0.1) is 0 Å². The standard InChI is InChI=1S/C19H24N2O6/c1-18(2)24-12-13(25-18)15-17(27-19(3,4)26-15)23-14(12)16(22)21-20-10-11-8-6-5-7-9-11/h5-10,12-15,17H,1-4H3,(H,21,22)/b20-10-/t12-,13-,14-,15-,17+/m1/s1. The summed E-state index contributed by atoms with van der Waals surface area (Å²) in [7, 11) is 0. The Morgan fingerprint density at radius 2 is 1.59 bits per heavy atom. The molecule has 0 aliphatic carbocycles. The van der Waals surface area contributed by atoms with Crippen molar-refractivity contribution in [1.82, 2.24) is 5.43 Å². The topological polar surface area (TPSA) is 87.6 Å². The molecule has 3 aliphatic heterocycles. The van der Waals surface area contributed by atoms with E-state index in [9.17, 15) is 4.79 Å². The van der Waals surface area contributed by atoms with Crippen LogP contribution >= 0.6 is 0 Å². The van der Waals surface area contributed by atoms with Crippen LogP contribution in [0.15, 0.2) is 35.4 Å². The molecule has 0 spiro atoms. The van der Waals surface area contributed by atoms with E-state index in [-0.39, 0.29) is 0 Å². The summed E-state index contributed by atoms with van der Waals surface area (Å²) in [6, 6.07) is 9.46. The van der Waals surface area contributed by atoms with E-state index in [4.69, 9.17) is 23.7 Å². The molecule has 1 N–H and O–H groups in total. The smallest absolute Gasteiger partial charge is 0.272 e. The minimum Gasteiger partial charge on any atom is -0.342 e. The fraction of sp³-hybridized carbons (Fsp3) is 0.579. The SMILES string of the molecule is CC1(C)O[C@@H]2[C@@H](O1)[C@H](C(=O)N/N=C\c1ccccc1)O[C@H]1OC(C)(C)O[C@@H]12. The number of carbonyl (C=O) groups is 1. The molecule has 0 unspecified atom stereocenters. The van der Waals surface area contributed by atoms with Crippen molar-refractivity contribution in [3.8, 4) is 0 Å². The van der Waals surface area contributed by atoms with Crippen molar-refractivity contribution in [2.45, 2.75) is 70.0 Å². The maximum Gasteiger partial charge on any atom is 0.272 e. The second-order valence-corrected chi connectivity index (χ2v) is 7.73. The number of carbonyl (C=O) groups excluding carboxylic acids is 1. The normalized spacial score (nSPS) is 36.4. The van der Waals surface area contributed by atoms with E-state index in [0.717, 1.165) is 5.56 Å². The van der Waals surface area contributed by atoms with E-state index in [1.165, 1.54) is 0 Å². The number of hydrazone groups is 1. The lowest BCUT2D eigenvalue weighted by Crippen LogP contribution is -2.59. The van der Waals surface area contributed by atoms with Gasteiger partial charge >= 0.3 is 0 Å². The lowest BCUT2D eigenvalue weighted by molar-refractivity contribution is -0.231. The molecule has 0 aromatic heterocycles. The minimum atomic E-state index is -0.927.